The highest BCUT2D eigenvalue weighted by atomic mass is 28.4. The van der Waals surface area contributed by atoms with Gasteiger partial charge in [0, 0.05) is 13.0 Å². The number of carbonyl (C=O) groups is 1. The van der Waals surface area contributed by atoms with E-state index in [2.05, 4.69) is 33.9 Å². The summed E-state index contributed by atoms with van der Waals surface area (Å²) in [5.74, 6) is 0. The molecule has 0 aliphatic carbocycles. The van der Waals surface area contributed by atoms with E-state index < -0.39 is 8.32 Å². The van der Waals surface area contributed by atoms with Gasteiger partial charge in [-0.25, -0.2) is 0 Å². The van der Waals surface area contributed by atoms with Gasteiger partial charge in [-0.15, -0.1) is 0 Å². The van der Waals surface area contributed by atoms with Crippen LogP contribution in [0.25, 0.3) is 0 Å². The summed E-state index contributed by atoms with van der Waals surface area (Å²) in [4.78, 5) is 10.1. The van der Waals surface area contributed by atoms with Crippen molar-refractivity contribution in [2.24, 2.45) is 5.41 Å². The molecule has 0 saturated carbocycles. The Bertz CT molecular complexity index is 183. The number of carbonyl (C=O) groups excluding carboxylic acids is 1. The van der Waals surface area contributed by atoms with Crippen LogP contribution in [-0.4, -0.2) is 21.2 Å². The SMILES string of the molecule is CC(C)(C)C[Si](C)(C)OCCCCC=O. The van der Waals surface area contributed by atoms with E-state index >= 15 is 0 Å². The lowest BCUT2D eigenvalue weighted by Gasteiger charge is -2.30. The molecule has 90 valence electrons. The molecule has 0 heterocycles. The number of hydrogen-bond donors (Lipinski definition) is 0. The molecule has 0 N–H and O–H groups in total. The largest absolute Gasteiger partial charge is 0.417 e. The van der Waals surface area contributed by atoms with Gasteiger partial charge in [0.25, 0.3) is 0 Å². The molecule has 0 aromatic heterocycles. The molecule has 0 unspecified atom stereocenters. The van der Waals surface area contributed by atoms with Gasteiger partial charge in [-0.2, -0.15) is 0 Å². The zero-order chi connectivity index (χ0) is 11.9. The van der Waals surface area contributed by atoms with Crippen LogP contribution in [-0.2, 0) is 9.22 Å². The summed E-state index contributed by atoms with van der Waals surface area (Å²) in [6.07, 6.45) is 3.63. The molecule has 0 aromatic rings. The van der Waals surface area contributed by atoms with Crippen LogP contribution in [0, 0.1) is 5.41 Å². The molecule has 0 atom stereocenters. The molecule has 0 saturated heterocycles. The van der Waals surface area contributed by atoms with E-state index in [4.69, 9.17) is 4.43 Å². The molecule has 2 nitrogen and oxygen atoms in total. The van der Waals surface area contributed by atoms with Crippen molar-refractivity contribution in [1.29, 1.82) is 0 Å². The average Bonchev–Trinajstić information content (AvgIpc) is 1.99. The summed E-state index contributed by atoms with van der Waals surface area (Å²) in [6, 6.07) is 1.19. The maximum absolute atomic E-state index is 10.1. The van der Waals surface area contributed by atoms with Crippen LogP contribution in [0.1, 0.15) is 40.0 Å². The van der Waals surface area contributed by atoms with Gasteiger partial charge >= 0.3 is 0 Å². The van der Waals surface area contributed by atoms with Crippen molar-refractivity contribution in [1.82, 2.24) is 0 Å². The molecule has 0 aliphatic rings. The second-order valence-corrected chi connectivity index (χ2v) is 10.2. The summed E-state index contributed by atoms with van der Waals surface area (Å²) in [7, 11) is -1.49. The van der Waals surface area contributed by atoms with Gasteiger partial charge in [-0.3, -0.25) is 0 Å². The Labute approximate surface area is 95.5 Å². The van der Waals surface area contributed by atoms with Gasteiger partial charge in [0.1, 0.15) is 6.29 Å². The highest BCUT2D eigenvalue weighted by Gasteiger charge is 2.28. The number of rotatable bonds is 7. The molecule has 0 amide bonds. The first-order valence-corrected chi connectivity index (χ1v) is 8.96. The minimum absolute atomic E-state index is 0.360. The van der Waals surface area contributed by atoms with Crippen LogP contribution in [0.4, 0.5) is 0 Å². The van der Waals surface area contributed by atoms with Gasteiger partial charge in [0.15, 0.2) is 8.32 Å². The average molecular weight is 230 g/mol. The van der Waals surface area contributed by atoms with Crippen molar-refractivity contribution in [3.63, 3.8) is 0 Å². The monoisotopic (exact) mass is 230 g/mol. The Kier molecular flexibility index (Phi) is 6.37. The van der Waals surface area contributed by atoms with E-state index in [0.717, 1.165) is 25.7 Å². The molecule has 0 aliphatic heterocycles. The highest BCUT2D eigenvalue weighted by Crippen LogP contribution is 2.28. The summed E-state index contributed by atoms with van der Waals surface area (Å²) >= 11 is 0. The van der Waals surface area contributed by atoms with Gasteiger partial charge < -0.3 is 9.22 Å². The number of unbranched alkanes of at least 4 members (excludes halogenated alkanes) is 2. The molecule has 0 radical (unpaired) electrons. The minimum atomic E-state index is -1.49. The number of hydrogen-bond acceptors (Lipinski definition) is 2. The third-order valence-electron chi connectivity index (χ3n) is 2.17. The van der Waals surface area contributed by atoms with E-state index in [1.165, 1.54) is 6.04 Å². The van der Waals surface area contributed by atoms with E-state index in [1.807, 2.05) is 0 Å². The van der Waals surface area contributed by atoms with Crippen molar-refractivity contribution in [2.75, 3.05) is 6.61 Å². The standard InChI is InChI=1S/C12H26O2Si/c1-12(2,3)11-15(4,5)14-10-8-6-7-9-13/h9H,6-8,10-11H2,1-5H3. The van der Waals surface area contributed by atoms with E-state index in [9.17, 15) is 4.79 Å². The topological polar surface area (TPSA) is 26.3 Å². The Morgan fingerprint density at radius 2 is 1.80 bits per heavy atom. The zero-order valence-electron chi connectivity index (χ0n) is 10.9. The van der Waals surface area contributed by atoms with Crippen LogP contribution in [0.2, 0.25) is 19.1 Å². The first kappa shape index (κ1) is 14.8. The first-order valence-electron chi connectivity index (χ1n) is 5.84. The fourth-order valence-corrected chi connectivity index (χ4v) is 5.36. The maximum Gasteiger partial charge on any atom is 0.187 e. The molecule has 0 bridgehead atoms. The van der Waals surface area contributed by atoms with Crippen LogP contribution in [0.3, 0.4) is 0 Å². The van der Waals surface area contributed by atoms with Crippen LogP contribution >= 0.6 is 0 Å². The second kappa shape index (κ2) is 6.43. The molecular formula is C12H26O2Si. The predicted octanol–water partition coefficient (Wildman–Crippen LogP) is 3.62. The van der Waals surface area contributed by atoms with Crippen molar-refractivity contribution >= 4 is 14.6 Å². The quantitative estimate of drug-likeness (QED) is 0.379. The second-order valence-electron chi connectivity index (χ2n) is 6.01. The fourth-order valence-electron chi connectivity index (χ4n) is 2.01. The predicted molar refractivity (Wildman–Crippen MR) is 67.6 cm³/mol. The lowest BCUT2D eigenvalue weighted by Crippen LogP contribution is -2.35. The first-order chi connectivity index (χ1) is 6.77. The van der Waals surface area contributed by atoms with Gasteiger partial charge in [-0.1, -0.05) is 20.8 Å². The molecule has 0 rings (SSSR count). The summed E-state index contributed by atoms with van der Waals surface area (Å²) in [5.41, 5.74) is 0.360. The molecule has 3 heteroatoms. The minimum Gasteiger partial charge on any atom is -0.417 e. The fraction of sp³-hybridized carbons (Fsp3) is 0.917. The Morgan fingerprint density at radius 1 is 1.20 bits per heavy atom. The molecule has 0 spiro atoms. The number of aldehydes is 1. The Hall–Kier alpha value is -0.153. The Morgan fingerprint density at radius 3 is 2.27 bits per heavy atom. The van der Waals surface area contributed by atoms with Crippen LogP contribution < -0.4 is 0 Å². The molecule has 15 heavy (non-hydrogen) atoms. The van der Waals surface area contributed by atoms with E-state index in [1.54, 1.807) is 0 Å². The Balaban J connectivity index is 3.69. The van der Waals surface area contributed by atoms with Crippen molar-refractivity contribution in [3.8, 4) is 0 Å². The molecule has 0 fully saturated rings. The third kappa shape index (κ3) is 10.1. The normalized spacial score (nSPS) is 12.9. The third-order valence-corrected chi connectivity index (χ3v) is 5.06. The van der Waals surface area contributed by atoms with Crippen LogP contribution in [0.15, 0.2) is 0 Å². The van der Waals surface area contributed by atoms with Gasteiger partial charge in [-0.05, 0) is 37.4 Å². The molecular weight excluding hydrogens is 204 g/mol. The van der Waals surface area contributed by atoms with E-state index in [-0.39, 0.29) is 0 Å². The van der Waals surface area contributed by atoms with Gasteiger partial charge in [0.05, 0.1) is 0 Å². The summed E-state index contributed by atoms with van der Waals surface area (Å²) in [5, 5.41) is 0. The summed E-state index contributed by atoms with van der Waals surface area (Å²) < 4.78 is 5.98. The lowest BCUT2D eigenvalue weighted by molar-refractivity contribution is -0.107. The van der Waals surface area contributed by atoms with Crippen molar-refractivity contribution in [2.45, 2.75) is 59.2 Å². The summed E-state index contributed by atoms with van der Waals surface area (Å²) in [6.45, 7) is 12.2. The lowest BCUT2D eigenvalue weighted by atomic mass is 10.0. The maximum atomic E-state index is 10.1. The molecule has 0 aromatic carbocycles. The zero-order valence-corrected chi connectivity index (χ0v) is 11.9. The highest BCUT2D eigenvalue weighted by molar-refractivity contribution is 6.71. The smallest absolute Gasteiger partial charge is 0.187 e. The van der Waals surface area contributed by atoms with Crippen molar-refractivity contribution in [3.05, 3.63) is 0 Å². The van der Waals surface area contributed by atoms with Gasteiger partial charge in [0.2, 0.25) is 0 Å². The van der Waals surface area contributed by atoms with E-state index in [0.29, 0.717) is 11.8 Å². The van der Waals surface area contributed by atoms with Crippen LogP contribution in [0.5, 0.6) is 0 Å². The van der Waals surface area contributed by atoms with Crippen molar-refractivity contribution < 1.29 is 9.22 Å².